The zero-order chi connectivity index (χ0) is 17.0. The molecule has 1 saturated heterocycles. The van der Waals surface area contributed by atoms with Crippen LogP contribution in [0.3, 0.4) is 0 Å². The number of sulfonamides is 1. The van der Waals surface area contributed by atoms with Crippen molar-refractivity contribution < 1.29 is 13.2 Å². The summed E-state index contributed by atoms with van der Waals surface area (Å²) in [4.78, 5) is 12.6. The molecule has 0 spiro atoms. The van der Waals surface area contributed by atoms with Crippen LogP contribution < -0.4 is 5.32 Å². The van der Waals surface area contributed by atoms with Gasteiger partial charge in [-0.1, -0.05) is 31.2 Å². The number of hydrogen-bond acceptors (Lipinski definition) is 3. The van der Waals surface area contributed by atoms with Crippen LogP contribution in [0.5, 0.6) is 0 Å². The first-order valence-corrected chi connectivity index (χ1v) is 9.98. The zero-order valence-corrected chi connectivity index (χ0v) is 14.9. The summed E-state index contributed by atoms with van der Waals surface area (Å²) >= 11 is 0. The fourth-order valence-corrected chi connectivity index (χ4v) is 4.04. The molecule has 0 radical (unpaired) electrons. The summed E-state index contributed by atoms with van der Waals surface area (Å²) in [7, 11) is -3.23. The van der Waals surface area contributed by atoms with Gasteiger partial charge in [-0.15, -0.1) is 0 Å². The number of nitrogens with one attached hydrogen (secondary N) is 1. The quantitative estimate of drug-likeness (QED) is 0.895. The maximum absolute atomic E-state index is 12.6. The molecule has 2 atom stereocenters. The fraction of sp³-hybridized carbons (Fsp3) is 0.588. The van der Waals surface area contributed by atoms with Crippen LogP contribution in [-0.2, 0) is 14.8 Å². The summed E-state index contributed by atoms with van der Waals surface area (Å²) in [6.45, 7) is 4.88. The van der Waals surface area contributed by atoms with Crippen LogP contribution in [0.1, 0.15) is 43.4 Å². The number of carbonyl (C=O) groups excluding carboxylic acids is 1. The lowest BCUT2D eigenvalue weighted by molar-refractivity contribution is -0.126. The summed E-state index contributed by atoms with van der Waals surface area (Å²) in [6.07, 6.45) is 3.48. The van der Waals surface area contributed by atoms with Gasteiger partial charge in [0, 0.05) is 13.1 Å². The normalized spacial score (nSPS) is 20.9. The van der Waals surface area contributed by atoms with E-state index in [2.05, 4.69) is 5.32 Å². The van der Waals surface area contributed by atoms with Crippen molar-refractivity contribution in [2.24, 2.45) is 5.92 Å². The van der Waals surface area contributed by atoms with Gasteiger partial charge < -0.3 is 5.32 Å². The van der Waals surface area contributed by atoms with E-state index in [1.54, 1.807) is 0 Å². The van der Waals surface area contributed by atoms with Crippen LogP contribution in [0.2, 0.25) is 0 Å². The molecule has 128 valence electrons. The number of hydrogen-bond donors (Lipinski definition) is 1. The van der Waals surface area contributed by atoms with Crippen LogP contribution >= 0.6 is 0 Å². The number of benzene rings is 1. The third-order valence-corrected chi connectivity index (χ3v) is 5.78. The molecular formula is C17H26N2O3S. The summed E-state index contributed by atoms with van der Waals surface area (Å²) in [5.41, 5.74) is 2.28. The van der Waals surface area contributed by atoms with Crippen molar-refractivity contribution in [1.29, 1.82) is 0 Å². The highest BCUT2D eigenvalue weighted by atomic mass is 32.2. The minimum absolute atomic E-state index is 0.0303. The Bertz CT molecular complexity index is 658. The van der Waals surface area contributed by atoms with Crippen LogP contribution in [0.4, 0.5) is 0 Å². The monoisotopic (exact) mass is 338 g/mol. The molecule has 1 aliphatic heterocycles. The number of aryl methyl sites for hydroxylation is 1. The van der Waals surface area contributed by atoms with E-state index in [-0.39, 0.29) is 24.4 Å². The van der Waals surface area contributed by atoms with Gasteiger partial charge in [-0.3, -0.25) is 4.79 Å². The molecule has 1 aliphatic rings. The molecule has 0 aliphatic carbocycles. The van der Waals surface area contributed by atoms with Gasteiger partial charge in [-0.2, -0.15) is 0 Å². The van der Waals surface area contributed by atoms with Crippen molar-refractivity contribution >= 4 is 15.9 Å². The third kappa shape index (κ3) is 4.54. The van der Waals surface area contributed by atoms with Crippen LogP contribution in [0.15, 0.2) is 24.3 Å². The second-order valence-corrected chi connectivity index (χ2v) is 8.27. The van der Waals surface area contributed by atoms with Gasteiger partial charge in [0.05, 0.1) is 18.2 Å². The molecule has 0 saturated carbocycles. The smallest absolute Gasteiger partial charge is 0.224 e. The lowest BCUT2D eigenvalue weighted by atomic mass is 9.95. The second-order valence-electron chi connectivity index (χ2n) is 6.29. The zero-order valence-electron chi connectivity index (χ0n) is 14.1. The number of rotatable bonds is 5. The SMILES string of the molecule is CC[C@H](NC(=O)[C@@H]1CCCN(S(C)(=O)=O)C1)c1ccccc1C. The van der Waals surface area contributed by atoms with E-state index < -0.39 is 10.0 Å². The molecule has 1 heterocycles. The average Bonchev–Trinajstić information content (AvgIpc) is 2.52. The summed E-state index contributed by atoms with van der Waals surface area (Å²) in [6, 6.07) is 8.00. The molecule has 1 fully saturated rings. The highest BCUT2D eigenvalue weighted by Gasteiger charge is 2.31. The summed E-state index contributed by atoms with van der Waals surface area (Å²) in [5, 5.41) is 3.11. The molecule has 0 aromatic heterocycles. The standard InChI is InChI=1S/C17H26N2O3S/c1-4-16(15-10-6-5-8-13(15)2)18-17(20)14-9-7-11-19(12-14)23(3,21)22/h5-6,8,10,14,16H,4,7,9,11-12H2,1-3H3,(H,18,20)/t14-,16+/m1/s1. The van der Waals surface area contributed by atoms with Crippen molar-refractivity contribution in [2.45, 2.75) is 39.2 Å². The van der Waals surface area contributed by atoms with Gasteiger partial charge in [0.1, 0.15) is 0 Å². The van der Waals surface area contributed by atoms with Crippen molar-refractivity contribution in [2.75, 3.05) is 19.3 Å². The summed E-state index contributed by atoms with van der Waals surface area (Å²) < 4.78 is 24.8. The minimum atomic E-state index is -3.23. The van der Waals surface area contributed by atoms with E-state index in [1.165, 1.54) is 10.6 Å². The molecule has 1 aromatic rings. The third-order valence-electron chi connectivity index (χ3n) is 4.51. The Kier molecular flexibility index (Phi) is 5.81. The molecule has 1 amide bonds. The highest BCUT2D eigenvalue weighted by molar-refractivity contribution is 7.88. The largest absolute Gasteiger partial charge is 0.349 e. The molecule has 6 heteroatoms. The molecule has 23 heavy (non-hydrogen) atoms. The fourth-order valence-electron chi connectivity index (χ4n) is 3.12. The number of carbonyl (C=O) groups is 1. The van der Waals surface area contributed by atoms with Crippen LogP contribution in [-0.4, -0.2) is 38.0 Å². The van der Waals surface area contributed by atoms with Gasteiger partial charge in [-0.25, -0.2) is 12.7 Å². The molecule has 1 N–H and O–H groups in total. The van der Waals surface area contributed by atoms with Gasteiger partial charge >= 0.3 is 0 Å². The van der Waals surface area contributed by atoms with Crippen LogP contribution in [0.25, 0.3) is 0 Å². The minimum Gasteiger partial charge on any atom is -0.349 e. The molecule has 0 unspecified atom stereocenters. The Hall–Kier alpha value is -1.40. The van der Waals surface area contributed by atoms with E-state index in [9.17, 15) is 13.2 Å². The molecule has 2 rings (SSSR count). The Balaban J connectivity index is 2.07. The van der Waals surface area contributed by atoms with Crippen molar-refractivity contribution in [3.8, 4) is 0 Å². The predicted octanol–water partition coefficient (Wildman–Crippen LogP) is 2.23. The number of piperidine rings is 1. The van der Waals surface area contributed by atoms with Gasteiger partial charge in [0.15, 0.2) is 0 Å². The second kappa shape index (κ2) is 7.45. The first-order chi connectivity index (χ1) is 10.8. The maximum atomic E-state index is 12.6. The maximum Gasteiger partial charge on any atom is 0.224 e. The topological polar surface area (TPSA) is 66.5 Å². The lowest BCUT2D eigenvalue weighted by Gasteiger charge is -2.31. The Morgan fingerprint density at radius 2 is 2.09 bits per heavy atom. The molecule has 0 bridgehead atoms. The van der Waals surface area contributed by atoms with E-state index in [1.807, 2.05) is 38.1 Å². The van der Waals surface area contributed by atoms with Gasteiger partial charge in [0.2, 0.25) is 15.9 Å². The Labute approximate surface area is 139 Å². The van der Waals surface area contributed by atoms with Crippen molar-refractivity contribution in [3.05, 3.63) is 35.4 Å². The van der Waals surface area contributed by atoms with E-state index in [0.717, 1.165) is 30.4 Å². The van der Waals surface area contributed by atoms with Crippen LogP contribution in [0, 0.1) is 12.8 Å². The van der Waals surface area contributed by atoms with E-state index in [0.29, 0.717) is 6.54 Å². The first kappa shape index (κ1) is 17.9. The van der Waals surface area contributed by atoms with Crippen molar-refractivity contribution in [3.63, 3.8) is 0 Å². The van der Waals surface area contributed by atoms with E-state index >= 15 is 0 Å². The lowest BCUT2D eigenvalue weighted by Crippen LogP contribution is -2.45. The molecule has 1 aromatic carbocycles. The summed E-state index contributed by atoms with van der Waals surface area (Å²) in [5.74, 6) is -0.315. The van der Waals surface area contributed by atoms with Gasteiger partial charge in [-0.05, 0) is 37.3 Å². The average molecular weight is 338 g/mol. The van der Waals surface area contributed by atoms with Gasteiger partial charge in [0.25, 0.3) is 0 Å². The van der Waals surface area contributed by atoms with E-state index in [4.69, 9.17) is 0 Å². The molecule has 5 nitrogen and oxygen atoms in total. The predicted molar refractivity (Wildman–Crippen MR) is 91.5 cm³/mol. The Morgan fingerprint density at radius 1 is 1.39 bits per heavy atom. The van der Waals surface area contributed by atoms with Crippen molar-refractivity contribution in [1.82, 2.24) is 9.62 Å². The number of nitrogens with zero attached hydrogens (tertiary/aromatic N) is 1. The molecular weight excluding hydrogens is 312 g/mol. The number of amides is 1. The first-order valence-electron chi connectivity index (χ1n) is 8.14. The highest BCUT2D eigenvalue weighted by Crippen LogP contribution is 2.23. The Morgan fingerprint density at radius 3 is 2.70 bits per heavy atom.